The van der Waals surface area contributed by atoms with Gasteiger partial charge in [-0.15, -0.1) is 0 Å². The molecule has 2 aromatic carbocycles. The van der Waals surface area contributed by atoms with Crippen LogP contribution >= 0.6 is 15.9 Å². The van der Waals surface area contributed by atoms with Crippen LogP contribution in [0.2, 0.25) is 0 Å². The Bertz CT molecular complexity index is 639. The van der Waals surface area contributed by atoms with Crippen LogP contribution in [-0.2, 0) is 0 Å². The van der Waals surface area contributed by atoms with Crippen LogP contribution in [0.25, 0.3) is 6.08 Å². The third kappa shape index (κ3) is 5.62. The number of nitrogens with zero attached hydrogens (tertiary/aromatic N) is 1. The second-order valence-electron chi connectivity index (χ2n) is 4.13. The van der Waals surface area contributed by atoms with Crippen molar-refractivity contribution in [3.05, 3.63) is 70.7 Å². The van der Waals surface area contributed by atoms with Gasteiger partial charge in [-0.05, 0) is 39.7 Å². The largest absolute Gasteiger partial charge is 0.339 e. The van der Waals surface area contributed by atoms with E-state index < -0.39 is 6.03 Å². The van der Waals surface area contributed by atoms with Crippen LogP contribution in [0.1, 0.15) is 5.56 Å². The fraction of sp³-hybridized carbons (Fsp3) is 0. The zero-order valence-electron chi connectivity index (χ0n) is 11.2. The van der Waals surface area contributed by atoms with Crippen molar-refractivity contribution in [1.82, 2.24) is 5.43 Å². The van der Waals surface area contributed by atoms with E-state index in [0.717, 1.165) is 10.0 Å². The molecule has 2 N–H and O–H groups in total. The highest BCUT2D eigenvalue weighted by atomic mass is 79.9. The Hall–Kier alpha value is -2.40. The number of nitrogens with one attached hydrogen (secondary N) is 2. The van der Waals surface area contributed by atoms with Crippen molar-refractivity contribution in [3.63, 3.8) is 0 Å². The number of anilines is 1. The number of carbonyl (C=O) groups is 1. The number of rotatable bonds is 4. The van der Waals surface area contributed by atoms with Crippen molar-refractivity contribution in [2.75, 3.05) is 5.32 Å². The summed E-state index contributed by atoms with van der Waals surface area (Å²) in [5.41, 5.74) is 4.15. The highest BCUT2D eigenvalue weighted by molar-refractivity contribution is 9.12. The van der Waals surface area contributed by atoms with Gasteiger partial charge in [0.15, 0.2) is 0 Å². The predicted molar refractivity (Wildman–Crippen MR) is 90.4 cm³/mol. The Morgan fingerprint density at radius 1 is 1.00 bits per heavy atom. The Balaban J connectivity index is 1.84. The maximum atomic E-state index is 11.6. The monoisotopic (exact) mass is 343 g/mol. The van der Waals surface area contributed by atoms with E-state index in [4.69, 9.17) is 0 Å². The molecule has 0 fully saturated rings. The number of urea groups is 1. The smallest absolute Gasteiger partial charge is 0.307 e. The molecule has 0 bridgehead atoms. The molecule has 0 spiro atoms. The zero-order valence-corrected chi connectivity index (χ0v) is 12.7. The summed E-state index contributed by atoms with van der Waals surface area (Å²) < 4.78 is 0.758. The van der Waals surface area contributed by atoms with E-state index in [-0.39, 0.29) is 0 Å². The van der Waals surface area contributed by atoms with Gasteiger partial charge in [-0.25, -0.2) is 10.2 Å². The average Bonchev–Trinajstić information content (AvgIpc) is 2.49. The van der Waals surface area contributed by atoms with Gasteiger partial charge in [0.25, 0.3) is 0 Å². The maximum Gasteiger partial charge on any atom is 0.339 e. The van der Waals surface area contributed by atoms with E-state index >= 15 is 0 Å². The number of amides is 2. The normalized spacial score (nSPS) is 11.4. The third-order valence-electron chi connectivity index (χ3n) is 2.49. The van der Waals surface area contributed by atoms with Gasteiger partial charge in [-0.1, -0.05) is 48.5 Å². The van der Waals surface area contributed by atoms with Crippen LogP contribution in [0.4, 0.5) is 10.5 Å². The number of para-hydroxylation sites is 1. The summed E-state index contributed by atoms with van der Waals surface area (Å²) >= 11 is 3.37. The van der Waals surface area contributed by atoms with Gasteiger partial charge < -0.3 is 5.32 Å². The number of carbonyl (C=O) groups excluding carboxylic acids is 1. The van der Waals surface area contributed by atoms with Crippen molar-refractivity contribution >= 4 is 39.9 Å². The molecule has 5 heteroatoms. The molecule has 2 rings (SSSR count). The minimum atomic E-state index is -0.391. The van der Waals surface area contributed by atoms with Gasteiger partial charge in [0.1, 0.15) is 0 Å². The molecule has 106 valence electrons. The van der Waals surface area contributed by atoms with Crippen LogP contribution in [-0.4, -0.2) is 12.2 Å². The Labute approximate surface area is 131 Å². The topological polar surface area (TPSA) is 53.5 Å². The molecular formula is C16H14BrN3O. The van der Waals surface area contributed by atoms with Gasteiger partial charge in [0, 0.05) is 10.2 Å². The minimum Gasteiger partial charge on any atom is -0.307 e. The summed E-state index contributed by atoms with van der Waals surface area (Å²) in [6.07, 6.45) is 3.43. The number of hydrogen-bond donors (Lipinski definition) is 2. The molecule has 0 aliphatic carbocycles. The fourth-order valence-electron chi connectivity index (χ4n) is 1.58. The van der Waals surface area contributed by atoms with E-state index in [9.17, 15) is 4.79 Å². The summed E-state index contributed by atoms with van der Waals surface area (Å²) in [4.78, 5) is 11.6. The quantitative estimate of drug-likeness (QED) is 0.633. The second-order valence-corrected chi connectivity index (χ2v) is 5.05. The van der Waals surface area contributed by atoms with Gasteiger partial charge >= 0.3 is 6.03 Å². The lowest BCUT2D eigenvalue weighted by Gasteiger charge is -2.02. The van der Waals surface area contributed by atoms with Crippen molar-refractivity contribution < 1.29 is 4.79 Å². The molecule has 0 heterocycles. The molecule has 0 unspecified atom stereocenters. The number of benzene rings is 2. The van der Waals surface area contributed by atoms with Crippen LogP contribution in [0.3, 0.4) is 0 Å². The van der Waals surface area contributed by atoms with E-state index in [0.29, 0.717) is 5.69 Å². The SMILES string of the molecule is O=C(N/N=C\C(Br)=C\c1ccccc1)Nc1ccccc1. The van der Waals surface area contributed by atoms with Crippen molar-refractivity contribution in [1.29, 1.82) is 0 Å². The van der Waals surface area contributed by atoms with E-state index in [1.807, 2.05) is 54.6 Å². The molecule has 21 heavy (non-hydrogen) atoms. The highest BCUT2D eigenvalue weighted by Crippen LogP contribution is 2.09. The molecule has 0 saturated heterocycles. The second kappa shape index (κ2) is 8.01. The molecule has 2 aromatic rings. The van der Waals surface area contributed by atoms with Gasteiger partial charge in [-0.3, -0.25) is 0 Å². The summed E-state index contributed by atoms with van der Waals surface area (Å²) in [7, 11) is 0. The molecule has 0 radical (unpaired) electrons. The van der Waals surface area contributed by atoms with Crippen LogP contribution < -0.4 is 10.7 Å². The number of allylic oxidation sites excluding steroid dienone is 1. The fourth-order valence-corrected chi connectivity index (χ4v) is 1.95. The van der Waals surface area contributed by atoms with E-state index in [2.05, 4.69) is 31.8 Å². The minimum absolute atomic E-state index is 0.391. The lowest BCUT2D eigenvalue weighted by molar-refractivity contribution is 0.252. The summed E-state index contributed by atoms with van der Waals surface area (Å²) in [5, 5.41) is 6.53. The molecule has 0 aliphatic heterocycles. The number of hydrogen-bond acceptors (Lipinski definition) is 2. The summed E-state index contributed by atoms with van der Waals surface area (Å²) in [6, 6.07) is 18.6. The van der Waals surface area contributed by atoms with Gasteiger partial charge in [-0.2, -0.15) is 5.10 Å². The number of hydrazone groups is 1. The molecule has 0 saturated carbocycles. The van der Waals surface area contributed by atoms with E-state index in [1.165, 1.54) is 6.21 Å². The van der Waals surface area contributed by atoms with Crippen molar-refractivity contribution in [2.24, 2.45) is 5.10 Å². The molecule has 0 atom stereocenters. The van der Waals surface area contributed by atoms with Crippen LogP contribution in [0, 0.1) is 0 Å². The van der Waals surface area contributed by atoms with E-state index in [1.54, 1.807) is 12.1 Å². The molecule has 0 aliphatic rings. The lowest BCUT2D eigenvalue weighted by Crippen LogP contribution is -2.24. The average molecular weight is 344 g/mol. The number of halogens is 1. The van der Waals surface area contributed by atoms with Gasteiger partial charge in [0.2, 0.25) is 0 Å². The summed E-state index contributed by atoms with van der Waals surface area (Å²) in [6.45, 7) is 0. The van der Waals surface area contributed by atoms with Crippen molar-refractivity contribution in [2.45, 2.75) is 0 Å². The lowest BCUT2D eigenvalue weighted by atomic mass is 10.2. The summed E-state index contributed by atoms with van der Waals surface area (Å²) in [5.74, 6) is 0. The first-order valence-electron chi connectivity index (χ1n) is 6.31. The first-order valence-corrected chi connectivity index (χ1v) is 7.11. The third-order valence-corrected chi connectivity index (χ3v) is 2.92. The Morgan fingerprint density at radius 3 is 2.29 bits per heavy atom. The highest BCUT2D eigenvalue weighted by Gasteiger charge is 1.98. The Kier molecular flexibility index (Phi) is 5.72. The molecule has 2 amide bonds. The predicted octanol–water partition coefficient (Wildman–Crippen LogP) is 4.23. The standard InChI is InChI=1S/C16H14BrN3O/c17-14(11-13-7-3-1-4-8-13)12-18-20-16(21)19-15-9-5-2-6-10-15/h1-12H,(H2,19,20,21)/b14-11-,18-12-. The van der Waals surface area contributed by atoms with Crippen LogP contribution in [0.15, 0.2) is 70.2 Å². The van der Waals surface area contributed by atoms with Gasteiger partial charge in [0.05, 0.1) is 6.21 Å². The molecule has 0 aromatic heterocycles. The first kappa shape index (κ1) is 15.0. The van der Waals surface area contributed by atoms with Crippen molar-refractivity contribution in [3.8, 4) is 0 Å². The Morgan fingerprint density at radius 2 is 1.62 bits per heavy atom. The molecule has 4 nitrogen and oxygen atoms in total. The maximum absolute atomic E-state index is 11.6. The zero-order chi connectivity index (χ0) is 14.9. The first-order chi connectivity index (χ1) is 10.2. The molecular weight excluding hydrogens is 330 g/mol. The van der Waals surface area contributed by atoms with Crippen LogP contribution in [0.5, 0.6) is 0 Å².